The summed E-state index contributed by atoms with van der Waals surface area (Å²) in [7, 11) is 0. The lowest BCUT2D eigenvalue weighted by Gasteiger charge is -2.30. The lowest BCUT2D eigenvalue weighted by atomic mass is 9.97. The van der Waals surface area contributed by atoms with Gasteiger partial charge in [0.2, 0.25) is 0 Å². The summed E-state index contributed by atoms with van der Waals surface area (Å²) in [5, 5.41) is 10.4. The molecule has 106 valence electrons. The van der Waals surface area contributed by atoms with Gasteiger partial charge < -0.3 is 14.6 Å². The number of rotatable bonds is 4. The molecule has 5 nitrogen and oxygen atoms in total. The molecule has 5 heteroatoms. The molecule has 0 spiro atoms. The Morgan fingerprint density at radius 2 is 2.10 bits per heavy atom. The topological polar surface area (TPSA) is 72.8 Å². The molecule has 0 aliphatic carbocycles. The lowest BCUT2D eigenvalue weighted by molar-refractivity contribution is -0.167. The van der Waals surface area contributed by atoms with E-state index in [0.717, 1.165) is 0 Å². The lowest BCUT2D eigenvalue weighted by Crippen LogP contribution is -2.38. The van der Waals surface area contributed by atoms with Crippen LogP contribution in [-0.4, -0.2) is 29.3 Å². The first kappa shape index (κ1) is 14.3. The maximum atomic E-state index is 11.2. The van der Waals surface area contributed by atoms with Crippen LogP contribution in [0.4, 0.5) is 0 Å². The first-order valence-electron chi connectivity index (χ1n) is 6.35. The highest BCUT2D eigenvalue weighted by atomic mass is 16.6. The first-order chi connectivity index (χ1) is 9.58. The number of hydrogen-bond donors (Lipinski definition) is 1. The highest BCUT2D eigenvalue weighted by Crippen LogP contribution is 2.27. The molecule has 0 bridgehead atoms. The molecule has 0 amide bonds. The predicted octanol–water partition coefficient (Wildman–Crippen LogP) is 1.52. The van der Waals surface area contributed by atoms with Crippen molar-refractivity contribution in [2.24, 2.45) is 0 Å². The van der Waals surface area contributed by atoms with Gasteiger partial charge in [0.1, 0.15) is 12.2 Å². The number of aliphatic hydroxyl groups excluding tert-OH is 1. The molecule has 1 heterocycles. The Morgan fingerprint density at radius 1 is 1.40 bits per heavy atom. The Morgan fingerprint density at radius 3 is 2.70 bits per heavy atom. The second-order valence-corrected chi connectivity index (χ2v) is 4.54. The molecule has 1 aliphatic heterocycles. The number of ether oxygens (including phenoxy) is 2. The van der Waals surface area contributed by atoms with E-state index in [1.54, 1.807) is 30.3 Å². The Bertz CT molecular complexity index is 508. The SMILES string of the molecule is CC(=O)O[C@H](c1ccccc1)[C@H](O)[C@H]1CC=CC(=O)O1. The number of cyclic esters (lactones) is 1. The maximum absolute atomic E-state index is 11.2. The van der Waals surface area contributed by atoms with E-state index < -0.39 is 30.3 Å². The fraction of sp³-hybridized carbons (Fsp3) is 0.333. The minimum atomic E-state index is -1.12. The van der Waals surface area contributed by atoms with E-state index >= 15 is 0 Å². The van der Waals surface area contributed by atoms with Crippen LogP contribution in [0.15, 0.2) is 42.5 Å². The van der Waals surface area contributed by atoms with Gasteiger partial charge in [-0.3, -0.25) is 4.79 Å². The molecule has 3 atom stereocenters. The van der Waals surface area contributed by atoms with E-state index in [1.165, 1.54) is 13.0 Å². The van der Waals surface area contributed by atoms with Crippen molar-refractivity contribution in [3.63, 3.8) is 0 Å². The minimum absolute atomic E-state index is 0.386. The molecule has 0 fully saturated rings. The molecular formula is C15H16O5. The van der Waals surface area contributed by atoms with Gasteiger partial charge >= 0.3 is 11.9 Å². The molecular weight excluding hydrogens is 260 g/mol. The van der Waals surface area contributed by atoms with E-state index in [-0.39, 0.29) is 0 Å². The van der Waals surface area contributed by atoms with Crippen LogP contribution in [0, 0.1) is 0 Å². The minimum Gasteiger partial charge on any atom is -0.456 e. The van der Waals surface area contributed by atoms with Crippen molar-refractivity contribution in [2.75, 3.05) is 0 Å². The van der Waals surface area contributed by atoms with Gasteiger partial charge in [0.25, 0.3) is 0 Å². The van der Waals surface area contributed by atoms with Crippen molar-refractivity contribution in [3.05, 3.63) is 48.0 Å². The summed E-state index contributed by atoms with van der Waals surface area (Å²) in [6, 6.07) is 8.88. The van der Waals surface area contributed by atoms with Crippen molar-refractivity contribution in [3.8, 4) is 0 Å². The normalized spacial score (nSPS) is 20.9. The fourth-order valence-electron chi connectivity index (χ4n) is 2.10. The van der Waals surface area contributed by atoms with Crippen LogP contribution in [0.2, 0.25) is 0 Å². The number of hydrogen-bond acceptors (Lipinski definition) is 5. The molecule has 20 heavy (non-hydrogen) atoms. The first-order valence-corrected chi connectivity index (χ1v) is 6.35. The van der Waals surface area contributed by atoms with Crippen LogP contribution < -0.4 is 0 Å². The van der Waals surface area contributed by atoms with Crippen LogP contribution in [0.5, 0.6) is 0 Å². The van der Waals surface area contributed by atoms with Crippen molar-refractivity contribution >= 4 is 11.9 Å². The summed E-state index contributed by atoms with van der Waals surface area (Å²) in [4.78, 5) is 22.5. The monoisotopic (exact) mass is 276 g/mol. The average Bonchev–Trinajstić information content (AvgIpc) is 2.45. The van der Waals surface area contributed by atoms with Gasteiger partial charge in [0.15, 0.2) is 6.10 Å². The third-order valence-corrected chi connectivity index (χ3v) is 3.00. The summed E-state index contributed by atoms with van der Waals surface area (Å²) in [5.41, 5.74) is 0.654. The second-order valence-electron chi connectivity index (χ2n) is 4.54. The van der Waals surface area contributed by atoms with Crippen molar-refractivity contribution in [2.45, 2.75) is 31.7 Å². The predicted molar refractivity (Wildman–Crippen MR) is 70.6 cm³/mol. The van der Waals surface area contributed by atoms with E-state index in [0.29, 0.717) is 12.0 Å². The van der Waals surface area contributed by atoms with Crippen LogP contribution in [-0.2, 0) is 19.1 Å². The highest BCUT2D eigenvalue weighted by molar-refractivity contribution is 5.82. The van der Waals surface area contributed by atoms with Crippen LogP contribution in [0.25, 0.3) is 0 Å². The van der Waals surface area contributed by atoms with Gasteiger partial charge in [-0.15, -0.1) is 0 Å². The van der Waals surface area contributed by atoms with Gasteiger partial charge in [0, 0.05) is 19.4 Å². The Labute approximate surface area is 116 Å². The van der Waals surface area contributed by atoms with Gasteiger partial charge in [-0.25, -0.2) is 4.79 Å². The van der Waals surface area contributed by atoms with Gasteiger partial charge in [-0.05, 0) is 5.56 Å². The van der Waals surface area contributed by atoms with Gasteiger partial charge in [0.05, 0.1) is 0 Å². The number of aliphatic hydroxyl groups is 1. The van der Waals surface area contributed by atoms with E-state index in [9.17, 15) is 14.7 Å². The third-order valence-electron chi connectivity index (χ3n) is 3.00. The van der Waals surface area contributed by atoms with Crippen LogP contribution >= 0.6 is 0 Å². The largest absolute Gasteiger partial charge is 0.456 e. The zero-order valence-corrected chi connectivity index (χ0v) is 11.1. The molecule has 0 saturated heterocycles. The van der Waals surface area contributed by atoms with Crippen molar-refractivity contribution in [1.82, 2.24) is 0 Å². The average molecular weight is 276 g/mol. The van der Waals surface area contributed by atoms with Crippen LogP contribution in [0.3, 0.4) is 0 Å². The molecule has 1 aliphatic rings. The maximum Gasteiger partial charge on any atom is 0.330 e. The van der Waals surface area contributed by atoms with Crippen LogP contribution in [0.1, 0.15) is 25.0 Å². The number of benzene rings is 1. The van der Waals surface area contributed by atoms with Gasteiger partial charge in [-0.2, -0.15) is 0 Å². The third kappa shape index (κ3) is 3.45. The second kappa shape index (κ2) is 6.34. The van der Waals surface area contributed by atoms with Crippen molar-refractivity contribution in [1.29, 1.82) is 0 Å². The summed E-state index contributed by atoms with van der Waals surface area (Å²) in [6.45, 7) is 1.27. The molecule has 0 saturated carbocycles. The molecule has 2 rings (SSSR count). The molecule has 1 aromatic rings. The Hall–Kier alpha value is -2.14. The highest BCUT2D eigenvalue weighted by Gasteiger charge is 2.34. The summed E-state index contributed by atoms with van der Waals surface area (Å²) in [5.74, 6) is -1.01. The zero-order chi connectivity index (χ0) is 14.5. The summed E-state index contributed by atoms with van der Waals surface area (Å²) < 4.78 is 10.2. The fourth-order valence-corrected chi connectivity index (χ4v) is 2.10. The molecule has 0 unspecified atom stereocenters. The van der Waals surface area contributed by atoms with E-state index in [4.69, 9.17) is 9.47 Å². The quantitative estimate of drug-likeness (QED) is 0.844. The summed E-state index contributed by atoms with van der Waals surface area (Å²) in [6.07, 6.45) is 0.629. The number of carbonyl (C=O) groups is 2. The summed E-state index contributed by atoms with van der Waals surface area (Å²) >= 11 is 0. The standard InChI is InChI=1S/C15H16O5/c1-10(16)19-15(11-6-3-2-4-7-11)14(18)12-8-5-9-13(17)20-12/h2-7,9,12,14-15,18H,8H2,1H3/t12-,14-,15-/m1/s1. The molecule has 1 N–H and O–H groups in total. The Balaban J connectivity index is 2.20. The Kier molecular flexibility index (Phi) is 4.53. The van der Waals surface area contributed by atoms with E-state index in [2.05, 4.69) is 0 Å². The smallest absolute Gasteiger partial charge is 0.330 e. The van der Waals surface area contributed by atoms with E-state index in [1.807, 2.05) is 6.07 Å². The van der Waals surface area contributed by atoms with Gasteiger partial charge in [-0.1, -0.05) is 36.4 Å². The van der Waals surface area contributed by atoms with Crippen molar-refractivity contribution < 1.29 is 24.2 Å². The zero-order valence-electron chi connectivity index (χ0n) is 11.1. The number of carbonyl (C=O) groups excluding carboxylic acids is 2. The molecule has 1 aromatic carbocycles. The molecule has 0 radical (unpaired) electrons. The number of esters is 2. The molecule has 0 aromatic heterocycles.